The summed E-state index contributed by atoms with van der Waals surface area (Å²) in [5.41, 5.74) is 2.30. The third-order valence-corrected chi connectivity index (χ3v) is 18.0. The van der Waals surface area contributed by atoms with Crippen LogP contribution in [0.25, 0.3) is 22.3 Å². The Morgan fingerprint density at radius 3 is 2.60 bits per heavy atom. The lowest BCUT2D eigenvalue weighted by atomic mass is 9.89. The molecule has 15 heteroatoms. The zero-order valence-corrected chi connectivity index (χ0v) is 40.3. The normalized spacial score (nSPS) is 25.7. The Balaban J connectivity index is 1.15. The number of hydrogen-bond donors (Lipinski definition) is 2. The largest absolute Gasteiger partial charge is 0.495 e. The van der Waals surface area contributed by atoms with Gasteiger partial charge in [-0.15, -0.1) is 11.3 Å². The van der Waals surface area contributed by atoms with Gasteiger partial charge in [0.05, 0.1) is 42.2 Å². The van der Waals surface area contributed by atoms with Crippen molar-refractivity contribution in [2.75, 3.05) is 19.0 Å². The Hall–Kier alpha value is -4.16. The predicted molar refractivity (Wildman–Crippen MR) is 255 cm³/mol. The van der Waals surface area contributed by atoms with Crippen molar-refractivity contribution in [2.24, 2.45) is 17.8 Å². The highest BCUT2D eigenvalue weighted by atomic mass is 35.5. The fourth-order valence-corrected chi connectivity index (χ4v) is 14.2. The summed E-state index contributed by atoms with van der Waals surface area (Å²) in [5.74, 6) is -0.859. The lowest BCUT2D eigenvalue weighted by Gasteiger charge is -2.30. The highest BCUT2D eigenvalue weighted by Crippen LogP contribution is 2.74. The minimum absolute atomic E-state index is 0.0618. The second kappa shape index (κ2) is 20.0. The first-order chi connectivity index (χ1) is 31.2. The van der Waals surface area contributed by atoms with E-state index in [0.717, 1.165) is 56.5 Å². The first-order valence-corrected chi connectivity index (χ1v) is 26.4. The van der Waals surface area contributed by atoms with Gasteiger partial charge >= 0.3 is 0 Å². The predicted octanol–water partition coefficient (Wildman–Crippen LogP) is 11.5. The summed E-state index contributed by atoms with van der Waals surface area (Å²) in [6, 6.07) is 9.12. The number of aryl methyl sites for hydroxylation is 1. The fourth-order valence-electron chi connectivity index (χ4n) is 10.4. The average molecular weight is 948 g/mol. The smallest absolute Gasteiger partial charge is 0.226 e. The number of benzene rings is 2. The Labute approximate surface area is 390 Å². The molecule has 1 unspecified atom stereocenters. The molecule has 0 bridgehead atoms. The maximum absolute atomic E-state index is 15.2. The van der Waals surface area contributed by atoms with Crippen LogP contribution >= 0.6 is 30.3 Å². The van der Waals surface area contributed by atoms with Gasteiger partial charge in [0.25, 0.3) is 0 Å². The van der Waals surface area contributed by atoms with Crippen LogP contribution in [0.2, 0.25) is 5.02 Å². The zero-order valence-electron chi connectivity index (χ0n) is 37.8. The molecular formula is C50H61ClFN4O7PS. The topological polar surface area (TPSA) is 148 Å². The maximum atomic E-state index is 15.2. The number of ether oxygens (including phenoxy) is 2. The first-order valence-electron chi connectivity index (χ1n) is 23.3. The van der Waals surface area contributed by atoms with E-state index in [4.69, 9.17) is 31.0 Å². The molecule has 4 aliphatic rings. The quantitative estimate of drug-likeness (QED) is 0.0980. The van der Waals surface area contributed by atoms with Crippen LogP contribution in [0, 0.1) is 30.5 Å². The van der Waals surface area contributed by atoms with Crippen LogP contribution in [-0.2, 0) is 25.1 Å². The molecule has 2 aromatic carbocycles. The minimum atomic E-state index is -4.23. The number of allylic oxidation sites excluding steroid dienone is 2. The van der Waals surface area contributed by atoms with Gasteiger partial charge in [-0.3, -0.25) is 18.9 Å². The van der Waals surface area contributed by atoms with Crippen molar-refractivity contribution in [3.63, 3.8) is 0 Å². The van der Waals surface area contributed by atoms with Gasteiger partial charge in [-0.25, -0.2) is 14.4 Å². The van der Waals surface area contributed by atoms with Crippen molar-refractivity contribution >= 4 is 63.8 Å². The number of halogens is 2. The van der Waals surface area contributed by atoms with Gasteiger partial charge < -0.3 is 24.6 Å². The number of rotatable bonds is 13. The van der Waals surface area contributed by atoms with Gasteiger partial charge in [0.15, 0.2) is 10.9 Å². The van der Waals surface area contributed by atoms with E-state index >= 15 is 14.0 Å². The number of amides is 1. The molecule has 2 aromatic heterocycles. The third kappa shape index (κ3) is 10.4. The lowest BCUT2D eigenvalue weighted by molar-refractivity contribution is -0.142. The summed E-state index contributed by atoms with van der Waals surface area (Å²) in [7, 11) is -2.70. The molecular weight excluding hydrogens is 886 g/mol. The van der Waals surface area contributed by atoms with Crippen LogP contribution in [0.5, 0.6) is 11.5 Å². The zero-order chi connectivity index (χ0) is 46.0. The third-order valence-electron chi connectivity index (χ3n) is 14.1. The first kappa shape index (κ1) is 47.3. The second-order valence-corrected chi connectivity index (χ2v) is 23.0. The van der Waals surface area contributed by atoms with Crippen molar-refractivity contribution in [1.29, 1.82) is 0 Å². The standard InChI is InChI=1S/C50H61ClFN4O7PS/c1-30(2)53-49-55-41(29-65-49)40-24-45(37-19-20-44(62-4)46(51)47(37)54-40)63-36-23-42-43(58)26-50(64(60,61)28-38-31(3)13-12-18-39(38)52)25-34(50)17-9-7-5-6-8-16-33(48(59)56(42)27-36)22-35(57)21-32-14-10-11-15-32/h9,12-13,17-20,24,29-30,32-34,36,42H,5-8,10-11,14-16,21-23,25-28H2,1-4H3,(H,53,55)(H,60,61)/b17-9-/t33-,34-,36-,42+,50-/m1/s1. The van der Waals surface area contributed by atoms with E-state index in [2.05, 4.69) is 5.32 Å². The van der Waals surface area contributed by atoms with Crippen LogP contribution in [-0.4, -0.2) is 74.2 Å². The van der Waals surface area contributed by atoms with E-state index in [1.807, 2.05) is 37.4 Å². The van der Waals surface area contributed by atoms with Gasteiger partial charge in [0.2, 0.25) is 13.3 Å². The molecule has 4 heterocycles. The molecule has 0 radical (unpaired) electrons. The highest BCUT2D eigenvalue weighted by Gasteiger charge is 2.65. The number of nitrogens with zero attached hydrogens (tertiary/aromatic N) is 3. The number of nitrogens with one attached hydrogen (secondary N) is 1. The van der Waals surface area contributed by atoms with E-state index in [9.17, 15) is 14.3 Å². The van der Waals surface area contributed by atoms with Crippen LogP contribution in [0.4, 0.5) is 9.52 Å². The van der Waals surface area contributed by atoms with Gasteiger partial charge in [0.1, 0.15) is 39.9 Å². The summed E-state index contributed by atoms with van der Waals surface area (Å²) >= 11 is 8.36. The summed E-state index contributed by atoms with van der Waals surface area (Å²) in [6.45, 7) is 5.84. The number of aromatic nitrogens is 2. The number of anilines is 1. The summed E-state index contributed by atoms with van der Waals surface area (Å²) in [4.78, 5) is 67.2. The van der Waals surface area contributed by atoms with Gasteiger partial charge in [-0.05, 0) is 82.1 Å². The fraction of sp³-hybridized carbons (Fsp3) is 0.540. The van der Waals surface area contributed by atoms with E-state index in [1.165, 1.54) is 24.5 Å². The Morgan fingerprint density at radius 2 is 1.85 bits per heavy atom. The average Bonchev–Trinajstić information content (AvgIpc) is 3.68. The molecule has 2 aliphatic heterocycles. The van der Waals surface area contributed by atoms with Crippen LogP contribution in [0.15, 0.2) is 53.9 Å². The number of hydrogen-bond acceptors (Lipinski definition) is 10. The van der Waals surface area contributed by atoms with Crippen LogP contribution < -0.4 is 14.8 Å². The Kier molecular flexibility index (Phi) is 14.5. The molecule has 8 rings (SSSR count). The van der Waals surface area contributed by atoms with Crippen molar-refractivity contribution in [3.8, 4) is 22.9 Å². The van der Waals surface area contributed by atoms with E-state index < -0.39 is 42.6 Å². The molecule has 65 heavy (non-hydrogen) atoms. The van der Waals surface area contributed by atoms with Crippen LogP contribution in [0.1, 0.15) is 115 Å². The molecule has 2 saturated carbocycles. The van der Waals surface area contributed by atoms with Crippen molar-refractivity contribution < 1.29 is 37.7 Å². The van der Waals surface area contributed by atoms with E-state index in [-0.39, 0.29) is 60.8 Å². The number of carbonyl (C=O) groups excluding carboxylic acids is 3. The van der Waals surface area contributed by atoms with Crippen molar-refractivity contribution in [3.05, 3.63) is 75.9 Å². The number of pyridine rings is 1. The molecule has 0 spiro atoms. The molecule has 6 atom stereocenters. The minimum Gasteiger partial charge on any atom is -0.495 e. The molecule has 1 amide bonds. The second-order valence-electron chi connectivity index (χ2n) is 19.1. The molecule has 11 nitrogen and oxygen atoms in total. The van der Waals surface area contributed by atoms with Gasteiger partial charge in [-0.1, -0.05) is 74.4 Å². The summed E-state index contributed by atoms with van der Waals surface area (Å²) in [6.07, 6.45) is 11.6. The summed E-state index contributed by atoms with van der Waals surface area (Å²) in [5, 5.41) is 5.54. The van der Waals surface area contributed by atoms with E-state index in [1.54, 1.807) is 36.1 Å². The highest BCUT2D eigenvalue weighted by molar-refractivity contribution is 7.59. The van der Waals surface area contributed by atoms with E-state index in [0.29, 0.717) is 69.6 Å². The lowest BCUT2D eigenvalue weighted by Crippen LogP contribution is -2.45. The summed E-state index contributed by atoms with van der Waals surface area (Å²) < 4.78 is 42.4. The number of ketones is 2. The molecule has 3 fully saturated rings. The Morgan fingerprint density at radius 1 is 1.06 bits per heavy atom. The van der Waals surface area contributed by atoms with Gasteiger partial charge in [0, 0.05) is 60.0 Å². The number of carbonyl (C=O) groups is 3. The number of thiazole rings is 1. The monoisotopic (exact) mass is 946 g/mol. The maximum Gasteiger partial charge on any atom is 0.226 e. The molecule has 2 aliphatic carbocycles. The Bertz CT molecular complexity index is 2490. The SMILES string of the molecule is COc1ccc2c(O[C@@H]3C[C@H]4C(=O)C[C@]5(P(=O)(O)Cc6c(C)cccc6F)C[C@H]5/C=C\CCCCC[C@H](CC(=O)CC5CCCC5)C(=O)N4C3)cc(-c3csc(NC(C)C)n3)nc2c1Cl. The number of Topliss-reactive ketones (excluding diaryl/α,β-unsaturated/α-hetero) is 2. The molecule has 2 N–H and O–H groups in total. The van der Waals surface area contributed by atoms with Crippen LogP contribution in [0.3, 0.4) is 0 Å². The van der Waals surface area contributed by atoms with Crippen molar-refractivity contribution in [1.82, 2.24) is 14.9 Å². The number of fused-ring (bicyclic) bond motifs is 3. The molecule has 4 aromatic rings. The van der Waals surface area contributed by atoms with Crippen molar-refractivity contribution in [2.45, 2.75) is 140 Å². The number of methoxy groups -OCH3 is 1. The molecule has 348 valence electrons. The molecule has 1 saturated heterocycles. The van der Waals surface area contributed by atoms with Gasteiger partial charge in [-0.2, -0.15) is 0 Å².